The Bertz CT molecular complexity index is 368. The van der Waals surface area contributed by atoms with Crippen LogP contribution in [0.1, 0.15) is 17.5 Å². The van der Waals surface area contributed by atoms with Crippen molar-refractivity contribution < 1.29 is 9.47 Å². The molecule has 0 unspecified atom stereocenters. The SMILES string of the molecule is COc1cc2c(cc1OC)C[C@H](N)CC2.Cl. The third-order valence-electron chi connectivity index (χ3n) is 2.97. The number of nitrogens with two attached hydrogens (primary N) is 1. The monoisotopic (exact) mass is 243 g/mol. The Morgan fingerprint density at radius 1 is 1.12 bits per heavy atom. The van der Waals surface area contributed by atoms with E-state index in [-0.39, 0.29) is 18.4 Å². The van der Waals surface area contributed by atoms with Gasteiger partial charge in [0.05, 0.1) is 14.2 Å². The first kappa shape index (κ1) is 13.1. The molecule has 0 saturated carbocycles. The third kappa shape index (κ3) is 2.42. The van der Waals surface area contributed by atoms with Crippen molar-refractivity contribution in [2.75, 3.05) is 14.2 Å². The van der Waals surface area contributed by atoms with Crippen LogP contribution in [0, 0.1) is 0 Å². The summed E-state index contributed by atoms with van der Waals surface area (Å²) in [5, 5.41) is 0. The largest absolute Gasteiger partial charge is 0.493 e. The van der Waals surface area contributed by atoms with Gasteiger partial charge in [0.2, 0.25) is 0 Å². The van der Waals surface area contributed by atoms with Crippen molar-refractivity contribution in [3.05, 3.63) is 23.3 Å². The van der Waals surface area contributed by atoms with Crippen LogP contribution >= 0.6 is 12.4 Å². The fourth-order valence-electron chi connectivity index (χ4n) is 2.11. The highest BCUT2D eigenvalue weighted by molar-refractivity contribution is 5.85. The molecule has 0 saturated heterocycles. The Hall–Kier alpha value is -0.930. The number of fused-ring (bicyclic) bond motifs is 1. The van der Waals surface area contributed by atoms with Crippen molar-refractivity contribution in [1.29, 1.82) is 0 Å². The number of rotatable bonds is 2. The van der Waals surface area contributed by atoms with Crippen LogP contribution in [0.15, 0.2) is 12.1 Å². The number of halogens is 1. The van der Waals surface area contributed by atoms with Crippen LogP contribution in [0.4, 0.5) is 0 Å². The lowest BCUT2D eigenvalue weighted by Gasteiger charge is -2.22. The Morgan fingerprint density at radius 2 is 1.69 bits per heavy atom. The van der Waals surface area contributed by atoms with Crippen molar-refractivity contribution in [1.82, 2.24) is 0 Å². The molecule has 1 atom stereocenters. The molecule has 0 spiro atoms. The van der Waals surface area contributed by atoms with Gasteiger partial charge in [0.25, 0.3) is 0 Å². The molecule has 1 aliphatic carbocycles. The van der Waals surface area contributed by atoms with Crippen LogP contribution < -0.4 is 15.2 Å². The first-order valence-electron chi connectivity index (χ1n) is 5.24. The molecule has 0 radical (unpaired) electrons. The van der Waals surface area contributed by atoms with E-state index in [0.29, 0.717) is 0 Å². The predicted molar refractivity (Wildman–Crippen MR) is 66.8 cm³/mol. The van der Waals surface area contributed by atoms with Gasteiger partial charge in [-0.3, -0.25) is 0 Å². The average Bonchev–Trinajstić information content (AvgIpc) is 2.27. The fraction of sp³-hybridized carbons (Fsp3) is 0.500. The standard InChI is InChI=1S/C12H17NO2.ClH/c1-14-11-6-8-3-4-10(13)5-9(8)7-12(11)15-2;/h6-7,10H,3-5,13H2,1-2H3;1H/t10-;/m1./s1. The Balaban J connectivity index is 0.00000128. The first-order chi connectivity index (χ1) is 7.24. The second-order valence-corrected chi connectivity index (χ2v) is 3.98. The van der Waals surface area contributed by atoms with Crippen molar-refractivity contribution in [3.8, 4) is 11.5 Å². The lowest BCUT2D eigenvalue weighted by molar-refractivity contribution is 0.353. The van der Waals surface area contributed by atoms with E-state index in [1.807, 2.05) is 6.07 Å². The molecule has 2 N–H and O–H groups in total. The molecule has 4 heteroatoms. The second kappa shape index (κ2) is 5.41. The maximum absolute atomic E-state index is 5.94. The summed E-state index contributed by atoms with van der Waals surface area (Å²) in [5.41, 5.74) is 8.58. The number of benzene rings is 1. The summed E-state index contributed by atoms with van der Waals surface area (Å²) in [6.45, 7) is 0. The molecule has 0 heterocycles. The number of ether oxygens (including phenoxy) is 2. The van der Waals surface area contributed by atoms with E-state index < -0.39 is 0 Å². The van der Waals surface area contributed by atoms with Gasteiger partial charge in [0.15, 0.2) is 11.5 Å². The van der Waals surface area contributed by atoms with Crippen molar-refractivity contribution in [2.45, 2.75) is 25.3 Å². The molecule has 2 rings (SSSR count). The molecular formula is C12H18ClNO2. The molecule has 1 aromatic rings. The zero-order valence-electron chi connectivity index (χ0n) is 9.66. The minimum atomic E-state index is 0. The number of hydrogen-bond acceptors (Lipinski definition) is 3. The summed E-state index contributed by atoms with van der Waals surface area (Å²) >= 11 is 0. The quantitative estimate of drug-likeness (QED) is 0.864. The molecule has 1 aromatic carbocycles. The van der Waals surface area contributed by atoms with Gasteiger partial charge < -0.3 is 15.2 Å². The fourth-order valence-corrected chi connectivity index (χ4v) is 2.11. The van der Waals surface area contributed by atoms with E-state index in [1.54, 1.807) is 14.2 Å². The minimum Gasteiger partial charge on any atom is -0.493 e. The van der Waals surface area contributed by atoms with Gasteiger partial charge in [-0.05, 0) is 42.5 Å². The van der Waals surface area contributed by atoms with Gasteiger partial charge in [0, 0.05) is 6.04 Å². The topological polar surface area (TPSA) is 44.5 Å². The Morgan fingerprint density at radius 3 is 2.25 bits per heavy atom. The van der Waals surface area contributed by atoms with E-state index in [2.05, 4.69) is 6.07 Å². The highest BCUT2D eigenvalue weighted by Gasteiger charge is 2.18. The van der Waals surface area contributed by atoms with Crippen LogP contribution in [0.3, 0.4) is 0 Å². The van der Waals surface area contributed by atoms with Crippen molar-refractivity contribution in [2.24, 2.45) is 5.73 Å². The van der Waals surface area contributed by atoms with E-state index in [1.165, 1.54) is 11.1 Å². The second-order valence-electron chi connectivity index (χ2n) is 3.98. The lowest BCUT2D eigenvalue weighted by atomic mass is 9.88. The summed E-state index contributed by atoms with van der Waals surface area (Å²) in [6, 6.07) is 4.41. The molecule has 0 amide bonds. The molecule has 0 aliphatic heterocycles. The molecule has 0 fully saturated rings. The minimum absolute atomic E-state index is 0. The van der Waals surface area contributed by atoms with E-state index in [0.717, 1.165) is 30.8 Å². The number of methoxy groups -OCH3 is 2. The van der Waals surface area contributed by atoms with Crippen LogP contribution in [-0.4, -0.2) is 20.3 Å². The van der Waals surface area contributed by atoms with Gasteiger partial charge in [0.1, 0.15) is 0 Å². The molecule has 0 bridgehead atoms. The Labute approximate surface area is 102 Å². The highest BCUT2D eigenvalue weighted by Crippen LogP contribution is 2.33. The number of hydrogen-bond donors (Lipinski definition) is 1. The van der Waals surface area contributed by atoms with E-state index >= 15 is 0 Å². The lowest BCUT2D eigenvalue weighted by Crippen LogP contribution is -2.27. The zero-order chi connectivity index (χ0) is 10.8. The maximum Gasteiger partial charge on any atom is 0.161 e. The molecule has 3 nitrogen and oxygen atoms in total. The average molecular weight is 244 g/mol. The van der Waals surface area contributed by atoms with Crippen LogP contribution in [0.5, 0.6) is 11.5 Å². The zero-order valence-corrected chi connectivity index (χ0v) is 10.5. The highest BCUT2D eigenvalue weighted by atomic mass is 35.5. The van der Waals surface area contributed by atoms with Gasteiger partial charge in [-0.1, -0.05) is 0 Å². The molecule has 1 aliphatic rings. The van der Waals surface area contributed by atoms with Gasteiger partial charge in [-0.25, -0.2) is 0 Å². The third-order valence-corrected chi connectivity index (χ3v) is 2.97. The summed E-state index contributed by atoms with van der Waals surface area (Å²) in [6.07, 6.45) is 3.04. The van der Waals surface area contributed by atoms with Gasteiger partial charge in [-0.15, -0.1) is 12.4 Å². The summed E-state index contributed by atoms with van der Waals surface area (Å²) in [4.78, 5) is 0. The molecule has 16 heavy (non-hydrogen) atoms. The summed E-state index contributed by atoms with van der Waals surface area (Å²) in [7, 11) is 3.33. The predicted octanol–water partition coefficient (Wildman–Crippen LogP) is 1.94. The molecular weight excluding hydrogens is 226 g/mol. The van der Waals surface area contributed by atoms with Gasteiger partial charge in [-0.2, -0.15) is 0 Å². The maximum atomic E-state index is 5.94. The van der Waals surface area contributed by atoms with Crippen molar-refractivity contribution in [3.63, 3.8) is 0 Å². The van der Waals surface area contributed by atoms with Crippen LogP contribution in [-0.2, 0) is 12.8 Å². The van der Waals surface area contributed by atoms with E-state index in [9.17, 15) is 0 Å². The Kier molecular flexibility index (Phi) is 4.44. The smallest absolute Gasteiger partial charge is 0.161 e. The van der Waals surface area contributed by atoms with E-state index in [4.69, 9.17) is 15.2 Å². The van der Waals surface area contributed by atoms with Gasteiger partial charge >= 0.3 is 0 Å². The van der Waals surface area contributed by atoms with Crippen LogP contribution in [0.2, 0.25) is 0 Å². The van der Waals surface area contributed by atoms with Crippen molar-refractivity contribution >= 4 is 12.4 Å². The normalized spacial score (nSPS) is 18.3. The summed E-state index contributed by atoms with van der Waals surface area (Å²) < 4.78 is 10.5. The summed E-state index contributed by atoms with van der Waals surface area (Å²) in [5.74, 6) is 1.61. The molecule has 0 aromatic heterocycles. The number of aryl methyl sites for hydroxylation is 1. The first-order valence-corrected chi connectivity index (χ1v) is 5.24. The molecule has 90 valence electrons. The van der Waals surface area contributed by atoms with Crippen LogP contribution in [0.25, 0.3) is 0 Å².